The highest BCUT2D eigenvalue weighted by Gasteiger charge is 2.36. The third-order valence-corrected chi connectivity index (χ3v) is 9.74. The number of nitrogens with one attached hydrogen (secondary N) is 1. The van der Waals surface area contributed by atoms with Gasteiger partial charge in [0, 0.05) is 35.1 Å². The van der Waals surface area contributed by atoms with Crippen LogP contribution in [0, 0.1) is 6.92 Å². The molecule has 4 aromatic rings. The Morgan fingerprint density at radius 3 is 2.11 bits per heavy atom. The summed E-state index contributed by atoms with van der Waals surface area (Å²) in [6.07, 6.45) is 0.167. The van der Waals surface area contributed by atoms with E-state index < -0.39 is 34.4 Å². The number of sulfonamides is 1. The van der Waals surface area contributed by atoms with Gasteiger partial charge in [-0.1, -0.05) is 89.4 Å². The Bertz CT molecular complexity index is 1710. The molecule has 2 amide bonds. The minimum absolute atomic E-state index is 0.00272. The summed E-state index contributed by atoms with van der Waals surface area (Å²) in [5.74, 6) is -0.783. The van der Waals surface area contributed by atoms with E-state index in [9.17, 15) is 18.0 Å². The quantitative estimate of drug-likeness (QED) is 0.181. The molecule has 0 fully saturated rings. The highest BCUT2D eigenvalue weighted by atomic mass is 35.5. The zero-order chi connectivity index (χ0) is 32.6. The molecule has 0 heterocycles. The maximum atomic E-state index is 14.5. The summed E-state index contributed by atoms with van der Waals surface area (Å²) in [4.78, 5) is 29.5. The molecule has 0 saturated heterocycles. The van der Waals surface area contributed by atoms with Gasteiger partial charge in [-0.2, -0.15) is 0 Å². The zero-order valence-electron chi connectivity index (χ0n) is 25.2. The summed E-state index contributed by atoms with van der Waals surface area (Å²) in [5.41, 5.74) is 2.29. The van der Waals surface area contributed by atoms with Crippen LogP contribution < -0.4 is 14.4 Å². The molecule has 8 nitrogen and oxygen atoms in total. The molecule has 0 saturated carbocycles. The summed E-state index contributed by atoms with van der Waals surface area (Å²) < 4.78 is 34.9. The normalized spacial score (nSPS) is 11.8. The lowest BCUT2D eigenvalue weighted by Gasteiger charge is -2.34. The average Bonchev–Trinajstić information content (AvgIpc) is 3.03. The first-order chi connectivity index (χ1) is 21.6. The van der Waals surface area contributed by atoms with Crippen LogP contribution in [0.2, 0.25) is 10.0 Å². The van der Waals surface area contributed by atoms with Crippen molar-refractivity contribution < 1.29 is 22.7 Å². The number of benzene rings is 4. The number of methoxy groups -OCH3 is 1. The summed E-state index contributed by atoms with van der Waals surface area (Å²) in [6.45, 7) is 3.18. The number of para-hydroxylation sites is 2. The standard InChI is InChI=1S/C34H35Cl2N3O5S/c1-4-37-34(41)31(21-25-11-6-5-7-12-25)38(22-27-28(35)13-10-14-29(27)36)33(40)23-39(30-15-8-9-16-32(30)44-3)45(42,43)26-19-17-24(2)18-20-26/h5-20,31H,4,21-23H2,1-3H3,(H,37,41)/t31-/m1/s1. The topological polar surface area (TPSA) is 96.0 Å². The molecule has 1 N–H and O–H groups in total. The molecular weight excluding hydrogens is 633 g/mol. The molecule has 0 spiro atoms. The fourth-order valence-electron chi connectivity index (χ4n) is 4.89. The number of likely N-dealkylation sites (N-methyl/N-ethyl adjacent to an activating group) is 1. The SMILES string of the molecule is CCNC(=O)[C@@H](Cc1ccccc1)N(Cc1c(Cl)cccc1Cl)C(=O)CN(c1ccccc1OC)S(=O)(=O)c1ccc(C)cc1. The van der Waals surface area contributed by atoms with Gasteiger partial charge in [0.25, 0.3) is 10.0 Å². The Balaban J connectivity index is 1.85. The lowest BCUT2D eigenvalue weighted by molar-refractivity contribution is -0.140. The maximum Gasteiger partial charge on any atom is 0.264 e. The van der Waals surface area contributed by atoms with Gasteiger partial charge in [-0.05, 0) is 55.8 Å². The number of carbonyl (C=O) groups is 2. The smallest absolute Gasteiger partial charge is 0.264 e. The predicted molar refractivity (Wildman–Crippen MR) is 178 cm³/mol. The van der Waals surface area contributed by atoms with Crippen LogP contribution in [0.25, 0.3) is 0 Å². The number of halogens is 2. The fraction of sp³-hybridized carbons (Fsp3) is 0.235. The van der Waals surface area contributed by atoms with E-state index in [-0.39, 0.29) is 29.3 Å². The molecule has 0 bridgehead atoms. The van der Waals surface area contributed by atoms with E-state index in [0.717, 1.165) is 15.4 Å². The molecule has 4 rings (SSSR count). The number of nitrogens with zero attached hydrogens (tertiary/aromatic N) is 2. The second-order valence-corrected chi connectivity index (χ2v) is 13.0. The monoisotopic (exact) mass is 667 g/mol. The largest absolute Gasteiger partial charge is 0.495 e. The van der Waals surface area contributed by atoms with Crippen LogP contribution in [-0.4, -0.2) is 51.4 Å². The number of anilines is 1. The minimum Gasteiger partial charge on any atom is -0.495 e. The van der Waals surface area contributed by atoms with E-state index >= 15 is 0 Å². The fourth-order valence-corrected chi connectivity index (χ4v) is 6.83. The van der Waals surface area contributed by atoms with Gasteiger partial charge in [0.15, 0.2) is 0 Å². The molecule has 4 aromatic carbocycles. The molecular formula is C34H35Cl2N3O5S. The molecule has 236 valence electrons. The number of ether oxygens (including phenoxy) is 1. The molecule has 45 heavy (non-hydrogen) atoms. The lowest BCUT2D eigenvalue weighted by Crippen LogP contribution is -2.53. The summed E-state index contributed by atoms with van der Waals surface area (Å²) in [7, 11) is -2.86. The highest BCUT2D eigenvalue weighted by Crippen LogP contribution is 2.33. The van der Waals surface area contributed by atoms with Crippen molar-refractivity contribution in [1.29, 1.82) is 0 Å². The van der Waals surface area contributed by atoms with Crippen molar-refractivity contribution in [2.75, 3.05) is 24.5 Å². The van der Waals surface area contributed by atoms with Gasteiger partial charge in [-0.25, -0.2) is 8.42 Å². The number of rotatable bonds is 13. The van der Waals surface area contributed by atoms with Crippen molar-refractivity contribution in [2.45, 2.75) is 37.8 Å². The van der Waals surface area contributed by atoms with Crippen molar-refractivity contribution >= 4 is 50.7 Å². The minimum atomic E-state index is -4.28. The third-order valence-electron chi connectivity index (χ3n) is 7.25. The van der Waals surface area contributed by atoms with E-state index in [0.29, 0.717) is 22.2 Å². The lowest BCUT2D eigenvalue weighted by atomic mass is 10.0. The van der Waals surface area contributed by atoms with Crippen LogP contribution in [0.15, 0.2) is 102 Å². The van der Waals surface area contributed by atoms with E-state index in [2.05, 4.69) is 5.32 Å². The number of aryl methyl sites for hydroxylation is 1. The molecule has 1 atom stereocenters. The highest BCUT2D eigenvalue weighted by molar-refractivity contribution is 7.92. The Hall–Kier alpha value is -4.05. The van der Waals surface area contributed by atoms with Crippen LogP contribution >= 0.6 is 23.2 Å². The van der Waals surface area contributed by atoms with Crippen LogP contribution in [0.3, 0.4) is 0 Å². The van der Waals surface area contributed by atoms with Gasteiger partial charge in [0.2, 0.25) is 11.8 Å². The van der Waals surface area contributed by atoms with Gasteiger partial charge >= 0.3 is 0 Å². The molecule has 0 aliphatic rings. The van der Waals surface area contributed by atoms with Gasteiger partial charge in [-0.3, -0.25) is 13.9 Å². The van der Waals surface area contributed by atoms with Crippen LogP contribution in [0.4, 0.5) is 5.69 Å². The maximum absolute atomic E-state index is 14.5. The van der Waals surface area contributed by atoms with Crippen molar-refractivity contribution in [2.24, 2.45) is 0 Å². The van der Waals surface area contributed by atoms with Crippen LogP contribution in [0.1, 0.15) is 23.6 Å². The first kappa shape index (κ1) is 33.8. The van der Waals surface area contributed by atoms with E-state index in [1.165, 1.54) is 24.1 Å². The zero-order valence-corrected chi connectivity index (χ0v) is 27.6. The number of hydrogen-bond donors (Lipinski definition) is 1. The van der Waals surface area contributed by atoms with Crippen molar-refractivity contribution in [3.8, 4) is 5.75 Å². The molecule has 0 aliphatic heterocycles. The number of carbonyl (C=O) groups excluding carboxylic acids is 2. The van der Waals surface area contributed by atoms with E-state index in [4.69, 9.17) is 27.9 Å². The van der Waals surface area contributed by atoms with E-state index in [1.54, 1.807) is 61.5 Å². The molecule has 11 heteroatoms. The third kappa shape index (κ3) is 8.16. The molecule has 0 radical (unpaired) electrons. The first-order valence-electron chi connectivity index (χ1n) is 14.3. The molecule has 0 aromatic heterocycles. The van der Waals surface area contributed by atoms with Crippen molar-refractivity contribution in [3.05, 3.63) is 124 Å². The predicted octanol–water partition coefficient (Wildman–Crippen LogP) is 6.28. The van der Waals surface area contributed by atoms with Crippen molar-refractivity contribution in [1.82, 2.24) is 10.2 Å². The van der Waals surface area contributed by atoms with Crippen molar-refractivity contribution in [3.63, 3.8) is 0 Å². The Labute approximate surface area is 274 Å². The Kier molecular flexibility index (Phi) is 11.5. The van der Waals surface area contributed by atoms with Crippen LogP contribution in [0.5, 0.6) is 5.75 Å². The second-order valence-electron chi connectivity index (χ2n) is 10.3. The van der Waals surface area contributed by atoms with E-state index in [1.807, 2.05) is 37.3 Å². The van der Waals surface area contributed by atoms with Gasteiger partial charge in [0.1, 0.15) is 18.3 Å². The van der Waals surface area contributed by atoms with Gasteiger partial charge in [0.05, 0.1) is 17.7 Å². The van der Waals surface area contributed by atoms with Crippen LogP contribution in [-0.2, 0) is 32.6 Å². The molecule has 0 aliphatic carbocycles. The second kappa shape index (κ2) is 15.3. The Morgan fingerprint density at radius 1 is 0.867 bits per heavy atom. The molecule has 0 unspecified atom stereocenters. The summed E-state index contributed by atoms with van der Waals surface area (Å²) in [6, 6.07) is 26.1. The first-order valence-corrected chi connectivity index (χ1v) is 16.5. The number of hydrogen-bond acceptors (Lipinski definition) is 5. The summed E-state index contributed by atoms with van der Waals surface area (Å²) >= 11 is 13.1. The number of amides is 2. The average molecular weight is 669 g/mol. The van der Waals surface area contributed by atoms with Gasteiger partial charge < -0.3 is 15.0 Å². The Morgan fingerprint density at radius 2 is 1.49 bits per heavy atom. The van der Waals surface area contributed by atoms with Gasteiger partial charge in [-0.15, -0.1) is 0 Å². The summed E-state index contributed by atoms with van der Waals surface area (Å²) in [5, 5.41) is 3.45.